The highest BCUT2D eigenvalue weighted by Crippen LogP contribution is 2.17. The zero-order valence-electron chi connectivity index (χ0n) is 43.1. The summed E-state index contributed by atoms with van der Waals surface area (Å²) in [5.74, 6) is -0.881. The van der Waals surface area contributed by atoms with Crippen molar-refractivity contribution in [3.05, 3.63) is 24.3 Å². The Bertz CT molecular complexity index is 1040. The third-order valence-corrected chi connectivity index (χ3v) is 12.7. The summed E-state index contributed by atoms with van der Waals surface area (Å²) in [5, 5.41) is 0. The van der Waals surface area contributed by atoms with E-state index < -0.39 is 6.10 Å². The molecule has 0 saturated carbocycles. The van der Waals surface area contributed by atoms with Crippen molar-refractivity contribution < 1.29 is 28.6 Å². The van der Waals surface area contributed by atoms with Crippen molar-refractivity contribution >= 4 is 17.9 Å². The van der Waals surface area contributed by atoms with Crippen molar-refractivity contribution in [2.45, 2.75) is 316 Å². The van der Waals surface area contributed by atoms with Crippen molar-refractivity contribution in [2.75, 3.05) is 13.2 Å². The quantitative estimate of drug-likeness (QED) is 0.0262. The van der Waals surface area contributed by atoms with Gasteiger partial charge in [0.05, 0.1) is 0 Å². The van der Waals surface area contributed by atoms with E-state index in [4.69, 9.17) is 14.2 Å². The molecule has 0 fully saturated rings. The number of hydrogen-bond acceptors (Lipinski definition) is 6. The standard InChI is InChI=1S/C58H108O6/c1-4-7-10-13-16-18-20-22-24-26-27-28-29-30-31-32-33-35-36-38-40-42-45-48-51-57(60)63-54-55(53-62-56(59)50-47-44-15-12-9-6-3)64-58(61)52-49-46-43-41-39-37-34-25-23-21-19-17-14-11-8-5-2/h19,21,25,34,55H,4-18,20,22-24,26-33,35-54H2,1-3H3/b21-19-,34-25-. The average molecular weight is 901 g/mol. The van der Waals surface area contributed by atoms with Crippen molar-refractivity contribution in [2.24, 2.45) is 0 Å². The monoisotopic (exact) mass is 901 g/mol. The molecule has 0 bridgehead atoms. The Balaban J connectivity index is 4.08. The molecule has 0 aromatic carbocycles. The van der Waals surface area contributed by atoms with E-state index >= 15 is 0 Å². The maximum Gasteiger partial charge on any atom is 0.306 e. The van der Waals surface area contributed by atoms with Crippen LogP contribution in [0.5, 0.6) is 0 Å². The first kappa shape index (κ1) is 61.9. The summed E-state index contributed by atoms with van der Waals surface area (Å²) in [5.41, 5.74) is 0. The van der Waals surface area contributed by atoms with E-state index in [9.17, 15) is 14.4 Å². The summed E-state index contributed by atoms with van der Waals surface area (Å²) in [4.78, 5) is 37.8. The number of carbonyl (C=O) groups excluding carboxylic acids is 3. The first-order valence-corrected chi connectivity index (χ1v) is 28.3. The van der Waals surface area contributed by atoms with Crippen LogP contribution in [0.25, 0.3) is 0 Å². The van der Waals surface area contributed by atoms with Crippen LogP contribution in [0.4, 0.5) is 0 Å². The first-order chi connectivity index (χ1) is 31.5. The van der Waals surface area contributed by atoms with Crippen LogP contribution >= 0.6 is 0 Å². The Morgan fingerprint density at radius 2 is 0.562 bits per heavy atom. The van der Waals surface area contributed by atoms with Gasteiger partial charge in [0.25, 0.3) is 0 Å². The summed E-state index contributed by atoms with van der Waals surface area (Å²) in [6, 6.07) is 0. The molecule has 0 rings (SSSR count). The number of allylic oxidation sites excluding steroid dienone is 4. The van der Waals surface area contributed by atoms with Gasteiger partial charge in [-0.25, -0.2) is 0 Å². The van der Waals surface area contributed by atoms with Gasteiger partial charge in [-0.1, -0.05) is 263 Å². The van der Waals surface area contributed by atoms with E-state index in [2.05, 4.69) is 45.1 Å². The molecule has 0 aliphatic heterocycles. The molecule has 376 valence electrons. The molecule has 1 unspecified atom stereocenters. The Labute approximate surface area is 398 Å². The molecule has 0 radical (unpaired) electrons. The van der Waals surface area contributed by atoms with E-state index in [1.807, 2.05) is 0 Å². The van der Waals surface area contributed by atoms with Crippen LogP contribution in [-0.4, -0.2) is 37.2 Å². The average Bonchev–Trinajstić information content (AvgIpc) is 3.29. The summed E-state index contributed by atoms with van der Waals surface area (Å²) < 4.78 is 16.7. The maximum atomic E-state index is 12.8. The van der Waals surface area contributed by atoms with Crippen LogP contribution in [0.2, 0.25) is 0 Å². The minimum atomic E-state index is -0.771. The van der Waals surface area contributed by atoms with Gasteiger partial charge >= 0.3 is 17.9 Å². The Morgan fingerprint density at radius 1 is 0.312 bits per heavy atom. The van der Waals surface area contributed by atoms with Crippen LogP contribution in [0.1, 0.15) is 310 Å². The zero-order valence-corrected chi connectivity index (χ0v) is 43.1. The molecule has 0 N–H and O–H groups in total. The van der Waals surface area contributed by atoms with Crippen LogP contribution in [0, 0.1) is 0 Å². The van der Waals surface area contributed by atoms with Gasteiger partial charge < -0.3 is 14.2 Å². The third kappa shape index (κ3) is 50.9. The second-order valence-electron chi connectivity index (χ2n) is 19.2. The lowest BCUT2D eigenvalue weighted by atomic mass is 10.0. The number of unbranched alkanes of at least 4 members (excludes halogenated alkanes) is 37. The lowest BCUT2D eigenvalue weighted by Gasteiger charge is -2.18. The topological polar surface area (TPSA) is 78.9 Å². The summed E-state index contributed by atoms with van der Waals surface area (Å²) in [7, 11) is 0. The highest BCUT2D eigenvalue weighted by atomic mass is 16.6. The normalized spacial score (nSPS) is 12.1. The third-order valence-electron chi connectivity index (χ3n) is 12.7. The largest absolute Gasteiger partial charge is 0.462 e. The van der Waals surface area contributed by atoms with Crippen LogP contribution in [-0.2, 0) is 28.6 Å². The molecule has 0 aromatic heterocycles. The van der Waals surface area contributed by atoms with Crippen LogP contribution in [0.15, 0.2) is 24.3 Å². The van der Waals surface area contributed by atoms with E-state index in [-0.39, 0.29) is 31.1 Å². The van der Waals surface area contributed by atoms with Gasteiger partial charge in [0, 0.05) is 19.3 Å². The maximum absolute atomic E-state index is 12.8. The molecule has 0 aliphatic rings. The van der Waals surface area contributed by atoms with Gasteiger partial charge in [-0.15, -0.1) is 0 Å². The predicted molar refractivity (Wildman–Crippen MR) is 275 cm³/mol. The molecule has 0 heterocycles. The number of esters is 3. The summed E-state index contributed by atoms with van der Waals surface area (Å²) in [6.07, 6.45) is 62.1. The molecule has 0 saturated heterocycles. The SMILES string of the molecule is CCCCCC/C=C\C/C=C\CCCCCCCC(=O)OC(COC(=O)CCCCCCCC)COC(=O)CCCCCCCCCCCCCCCCCCCCCCCCCC. The fourth-order valence-electron chi connectivity index (χ4n) is 8.42. The van der Waals surface area contributed by atoms with Gasteiger partial charge in [-0.2, -0.15) is 0 Å². The molecular formula is C58H108O6. The number of hydrogen-bond donors (Lipinski definition) is 0. The van der Waals surface area contributed by atoms with Gasteiger partial charge in [0.15, 0.2) is 6.10 Å². The Morgan fingerprint density at radius 3 is 0.875 bits per heavy atom. The van der Waals surface area contributed by atoms with Crippen molar-refractivity contribution in [1.82, 2.24) is 0 Å². The number of carbonyl (C=O) groups is 3. The highest BCUT2D eigenvalue weighted by Gasteiger charge is 2.19. The molecule has 6 nitrogen and oxygen atoms in total. The number of rotatable bonds is 52. The van der Waals surface area contributed by atoms with Crippen LogP contribution < -0.4 is 0 Å². The smallest absolute Gasteiger partial charge is 0.306 e. The van der Waals surface area contributed by atoms with Crippen molar-refractivity contribution in [1.29, 1.82) is 0 Å². The molecule has 1 atom stereocenters. The molecule has 0 amide bonds. The summed E-state index contributed by atoms with van der Waals surface area (Å²) in [6.45, 7) is 6.59. The van der Waals surface area contributed by atoms with Gasteiger partial charge in [0.1, 0.15) is 13.2 Å². The first-order valence-electron chi connectivity index (χ1n) is 28.3. The fraction of sp³-hybridized carbons (Fsp3) is 0.879. The Hall–Kier alpha value is -2.11. The van der Waals surface area contributed by atoms with Crippen molar-refractivity contribution in [3.8, 4) is 0 Å². The van der Waals surface area contributed by atoms with Crippen molar-refractivity contribution in [3.63, 3.8) is 0 Å². The van der Waals surface area contributed by atoms with Gasteiger partial charge in [-0.05, 0) is 51.4 Å². The van der Waals surface area contributed by atoms with Gasteiger partial charge in [-0.3, -0.25) is 14.4 Å². The van der Waals surface area contributed by atoms with E-state index in [0.717, 1.165) is 77.0 Å². The molecule has 0 aliphatic carbocycles. The molecule has 6 heteroatoms. The minimum Gasteiger partial charge on any atom is -0.462 e. The molecule has 0 spiro atoms. The Kier molecular flexibility index (Phi) is 51.7. The fourth-order valence-corrected chi connectivity index (χ4v) is 8.42. The summed E-state index contributed by atoms with van der Waals surface area (Å²) >= 11 is 0. The van der Waals surface area contributed by atoms with E-state index in [1.54, 1.807) is 0 Å². The molecular weight excluding hydrogens is 793 g/mol. The zero-order chi connectivity index (χ0) is 46.5. The van der Waals surface area contributed by atoms with E-state index in [1.165, 1.54) is 193 Å². The highest BCUT2D eigenvalue weighted by molar-refractivity contribution is 5.71. The molecule has 64 heavy (non-hydrogen) atoms. The van der Waals surface area contributed by atoms with Gasteiger partial charge in [0.2, 0.25) is 0 Å². The van der Waals surface area contributed by atoms with E-state index in [0.29, 0.717) is 19.3 Å². The lowest BCUT2D eigenvalue weighted by Crippen LogP contribution is -2.30. The minimum absolute atomic E-state index is 0.0729. The second kappa shape index (κ2) is 53.5. The van der Waals surface area contributed by atoms with Crippen LogP contribution in [0.3, 0.4) is 0 Å². The second-order valence-corrected chi connectivity index (χ2v) is 19.2. The predicted octanol–water partition coefficient (Wildman–Crippen LogP) is 18.7. The lowest BCUT2D eigenvalue weighted by molar-refractivity contribution is -0.167. The number of ether oxygens (including phenoxy) is 3. The molecule has 0 aromatic rings.